The number of nitrogens with two attached hydrogens (primary N) is 6. The molecule has 2 aromatic carbocycles. The minimum absolute atomic E-state index is 0.0148. The molecule has 41 heteroatoms. The zero-order valence-corrected chi connectivity index (χ0v) is 73.4. The number of carboxylic acid groups (broad SMARTS) is 1. The van der Waals surface area contributed by atoms with Crippen LogP contribution >= 0.6 is 0 Å². The van der Waals surface area contributed by atoms with E-state index in [4.69, 9.17) is 61.4 Å². The second kappa shape index (κ2) is 58.1. The molecule has 13 atom stereocenters. The molecule has 700 valence electrons. The number of phenolic OH excluding ortho intramolecular Hbond substituents is 1. The number of hydrogen-bond donors (Lipinski definition) is 27. The van der Waals surface area contributed by atoms with Crippen molar-refractivity contribution in [3.8, 4) is 5.75 Å². The summed E-state index contributed by atoms with van der Waals surface area (Å²) in [5.74, 6) is -18.8. The summed E-state index contributed by atoms with van der Waals surface area (Å²) in [5.41, 5.74) is 35.5. The topological polar surface area (TPSA) is 735 Å². The predicted octanol–water partition coefficient (Wildman–Crippen LogP) is 0.323. The van der Waals surface area contributed by atoms with Gasteiger partial charge in [-0.15, -0.1) is 0 Å². The van der Waals surface area contributed by atoms with Crippen molar-refractivity contribution in [3.63, 3.8) is 0 Å². The third kappa shape index (κ3) is 42.0. The molecule has 0 spiro atoms. The number of aromatic hydroxyl groups is 1. The number of carbonyl (C=O) groups is 14. The van der Waals surface area contributed by atoms with Gasteiger partial charge in [0.05, 0.1) is 36.8 Å². The number of ketones is 6. The monoisotopic (exact) mass is 1770 g/mol. The van der Waals surface area contributed by atoms with Gasteiger partial charge in [-0.25, -0.2) is 4.79 Å². The zero-order chi connectivity index (χ0) is 94.1. The number of aliphatic hydroxyl groups is 1. The molecule has 3 aromatic rings. The van der Waals surface area contributed by atoms with Gasteiger partial charge in [0, 0.05) is 131 Å². The standard InChI is InChI=1S/C85H138N24O17/c1-7-49(5)59(45-72(117)66(47-110)104-73(118)8-2)79(124)108-64(39-51-26-28-57(111)29-27-51)71(116)43-54(20-14-34-98-82(89)90)76(121)105-61(23-15-35-99-83(91)92)67(112)30-31-74(119)103-50(6)68(113)41-53(19-13-33-97-81(87)88)75(120)106-63(25-17-37-101-85(95)96)70(115)44-55(40-56-46-102-60-22-10-9-21-58(56)60)78(123)107-62(24-16-36-100-84(93)94)69(114)42-52(18-11-12-32-86)77(122)109-65(80(125)126)38-48(3)4/h9-10,21-22,26-29,46,48-50,52-55,59,61-66,102,110-111H,7-8,11-20,23-25,30-45,47,86H2,1-6H3,(H,103,119)(H,104,118)(H,105,121)(H,106,120)(H,107,123)(H,108,124)(H,109,122)(H,125,126)(H4,87,88,97)(H4,89,90,98)(H4,91,92,99)(H4,93,94,100)(H4,95,96,101)/t49?,50?,52?,53?,54?,55?,59?,61?,62?,63?,64?,65?,66-/m1/s1. The van der Waals surface area contributed by atoms with Crippen LogP contribution in [0.1, 0.15) is 200 Å². The summed E-state index contributed by atoms with van der Waals surface area (Å²) < 4.78 is 0. The van der Waals surface area contributed by atoms with Gasteiger partial charge < -0.3 is 119 Å². The van der Waals surface area contributed by atoms with Gasteiger partial charge >= 0.3 is 5.97 Å². The fraction of sp³-hybridized carbons (Fsp3) is 0.612. The number of rotatable bonds is 66. The van der Waals surface area contributed by atoms with E-state index in [9.17, 15) is 72.9 Å². The Hall–Kier alpha value is -12.2. The maximum absolute atomic E-state index is 15.2. The summed E-state index contributed by atoms with van der Waals surface area (Å²) in [6.45, 7) is 9.83. The first-order chi connectivity index (χ1) is 59.7. The summed E-state index contributed by atoms with van der Waals surface area (Å²) in [6.07, 6.45) is -0.413. The number of amides is 7. The molecule has 0 aliphatic heterocycles. The van der Waals surface area contributed by atoms with Gasteiger partial charge in [0.15, 0.2) is 64.5 Å². The number of aliphatic carboxylic acids is 1. The molecule has 12 unspecified atom stereocenters. The number of para-hydroxylation sites is 1. The van der Waals surface area contributed by atoms with Gasteiger partial charge in [0.2, 0.25) is 41.4 Å². The average molecular weight is 1770 g/mol. The predicted molar refractivity (Wildman–Crippen MR) is 475 cm³/mol. The molecular formula is C85H138N24O17. The average Bonchev–Trinajstić information content (AvgIpc) is 1.61. The number of aliphatic hydroxyl groups excluding tert-OH is 1. The molecule has 7 amide bonds. The van der Waals surface area contributed by atoms with Gasteiger partial charge in [-0.05, 0) is 151 Å². The number of carboxylic acids is 1. The number of phenols is 1. The Labute approximate surface area is 735 Å². The number of hydrogen-bond acceptors (Lipinski definition) is 22. The first-order valence-electron chi connectivity index (χ1n) is 43.2. The fourth-order valence-corrected chi connectivity index (χ4v) is 14.4. The van der Waals surface area contributed by atoms with E-state index in [0.717, 1.165) is 0 Å². The molecule has 0 fully saturated rings. The molecule has 3 rings (SSSR count). The number of H-pyrrole nitrogens is 1. The van der Waals surface area contributed by atoms with E-state index >= 15 is 9.59 Å². The number of aromatic amines is 1. The van der Waals surface area contributed by atoms with E-state index in [0.29, 0.717) is 41.3 Å². The van der Waals surface area contributed by atoms with Crippen molar-refractivity contribution in [2.75, 3.05) is 45.9 Å². The van der Waals surface area contributed by atoms with Crippen LogP contribution < -0.4 is 98.2 Å². The highest BCUT2D eigenvalue weighted by atomic mass is 16.4. The minimum atomic E-state index is -1.40. The molecule has 126 heavy (non-hydrogen) atoms. The van der Waals surface area contributed by atoms with Crippen LogP contribution in [0.3, 0.4) is 0 Å². The van der Waals surface area contributed by atoms with Gasteiger partial charge in [0.1, 0.15) is 17.8 Å². The Kier molecular flexibility index (Phi) is 49.8. The summed E-state index contributed by atoms with van der Waals surface area (Å²) >= 11 is 0. The number of fused-ring (bicyclic) bond motifs is 1. The number of aromatic nitrogens is 1. The number of guanidine groups is 5. The molecular weight excluding hydrogens is 1630 g/mol. The first kappa shape index (κ1) is 108. The summed E-state index contributed by atoms with van der Waals surface area (Å²) in [4.78, 5) is 203. The molecule has 1 aromatic heterocycles. The molecule has 0 bridgehead atoms. The minimum Gasteiger partial charge on any atom is -0.508 e. The van der Waals surface area contributed by atoms with E-state index in [1.807, 2.05) is 0 Å². The smallest absolute Gasteiger partial charge is 0.326 e. The molecule has 0 aliphatic carbocycles. The van der Waals surface area contributed by atoms with Crippen LogP contribution in [-0.4, -0.2) is 220 Å². The van der Waals surface area contributed by atoms with E-state index in [2.05, 4.69) is 68.8 Å². The Morgan fingerprint density at radius 1 is 0.429 bits per heavy atom. The quantitative estimate of drug-likeness (QED) is 0.0206. The largest absolute Gasteiger partial charge is 0.508 e. The number of benzene rings is 2. The SMILES string of the molecule is CCC(=O)N[C@H](CO)C(=O)CC(C(=O)NC(Cc1ccc(O)cc1)C(=O)CC(CCCNC(=N)N)C(=O)NC(CCCNC(=N)N)C(=O)CCC(=O)NC(C)C(=O)CC(CCCNC(=N)N)C(=O)NC(CCCNC(=N)N)C(=O)CC(Cc1c[nH]c2ccccc12)C(=O)NC(CCCNC(=N)N)C(=O)CC(CCCCN)C(=O)NC(CC(C)C)C(=O)O)C(C)CC. The van der Waals surface area contributed by atoms with Crippen molar-refractivity contribution in [2.45, 2.75) is 244 Å². The Morgan fingerprint density at radius 2 is 0.841 bits per heavy atom. The van der Waals surface area contributed by atoms with Gasteiger partial charge in [-0.1, -0.05) is 77.8 Å². The second-order valence-electron chi connectivity index (χ2n) is 32.4. The Balaban J connectivity index is 2.04. The van der Waals surface area contributed by atoms with Gasteiger partial charge in [-0.3, -0.25) is 89.4 Å². The summed E-state index contributed by atoms with van der Waals surface area (Å²) in [6, 6.07) is 3.63. The van der Waals surface area contributed by atoms with Crippen LogP contribution in [0.4, 0.5) is 0 Å². The van der Waals surface area contributed by atoms with Crippen molar-refractivity contribution in [3.05, 3.63) is 65.9 Å². The first-order valence-corrected chi connectivity index (χ1v) is 43.2. The van der Waals surface area contributed by atoms with Crippen LogP contribution in [0.25, 0.3) is 10.9 Å². The molecule has 0 aliphatic rings. The summed E-state index contributed by atoms with van der Waals surface area (Å²) in [5, 5.41) is 102. The number of nitrogens with one attached hydrogen (secondary N) is 18. The van der Waals surface area contributed by atoms with Crippen molar-refractivity contribution in [1.82, 2.24) is 68.8 Å². The lowest BCUT2D eigenvalue weighted by Gasteiger charge is -2.28. The lowest BCUT2D eigenvalue weighted by Crippen LogP contribution is -2.50. The lowest BCUT2D eigenvalue weighted by molar-refractivity contribution is -0.143. The lowest BCUT2D eigenvalue weighted by atomic mass is 9.84. The number of carbonyl (C=O) groups excluding carboxylic acids is 13. The van der Waals surface area contributed by atoms with Crippen LogP contribution in [-0.2, 0) is 80.0 Å². The van der Waals surface area contributed by atoms with Crippen molar-refractivity contribution in [1.29, 1.82) is 27.0 Å². The molecule has 0 radical (unpaired) electrons. The molecule has 41 nitrogen and oxygen atoms in total. The second-order valence-corrected chi connectivity index (χ2v) is 32.4. The molecule has 0 saturated heterocycles. The van der Waals surface area contributed by atoms with Crippen molar-refractivity contribution >= 4 is 123 Å². The number of Topliss-reactive ketones (excluding diaryl/α,β-unsaturated/α-hetero) is 6. The third-order valence-electron chi connectivity index (χ3n) is 21.8. The number of unbranched alkanes of at least 4 members (excludes halogenated alkanes) is 1. The molecule has 0 saturated carbocycles. The van der Waals surface area contributed by atoms with Gasteiger partial charge in [-0.2, -0.15) is 0 Å². The highest BCUT2D eigenvalue weighted by molar-refractivity contribution is 6.00. The molecule has 1 heterocycles. The van der Waals surface area contributed by atoms with Crippen molar-refractivity contribution < 1.29 is 82.4 Å². The maximum atomic E-state index is 15.2. The van der Waals surface area contributed by atoms with Gasteiger partial charge in [0.25, 0.3) is 0 Å². The van der Waals surface area contributed by atoms with Crippen LogP contribution in [0.2, 0.25) is 0 Å². The Bertz CT molecular complexity index is 4140. The molecule has 33 N–H and O–H groups in total. The fourth-order valence-electron chi connectivity index (χ4n) is 14.4. The van der Waals surface area contributed by atoms with E-state index in [-0.39, 0.29) is 159 Å². The van der Waals surface area contributed by atoms with Crippen LogP contribution in [0, 0.1) is 68.5 Å². The summed E-state index contributed by atoms with van der Waals surface area (Å²) in [7, 11) is 0. The van der Waals surface area contributed by atoms with E-state index in [1.54, 1.807) is 65.1 Å². The highest BCUT2D eigenvalue weighted by Crippen LogP contribution is 2.28. The van der Waals surface area contributed by atoms with E-state index in [1.165, 1.54) is 31.2 Å². The third-order valence-corrected chi connectivity index (χ3v) is 21.8. The normalized spacial score (nSPS) is 14.3. The Morgan fingerprint density at radius 3 is 1.29 bits per heavy atom. The maximum Gasteiger partial charge on any atom is 0.326 e. The highest BCUT2D eigenvalue weighted by Gasteiger charge is 2.39. The zero-order valence-electron chi connectivity index (χ0n) is 73.4. The van der Waals surface area contributed by atoms with Crippen LogP contribution in [0.5, 0.6) is 5.75 Å². The van der Waals surface area contributed by atoms with E-state index < -0.39 is 229 Å². The van der Waals surface area contributed by atoms with Crippen LogP contribution in [0.15, 0.2) is 54.7 Å². The van der Waals surface area contributed by atoms with Crippen molar-refractivity contribution in [2.24, 2.45) is 75.8 Å².